The molecule has 29 heavy (non-hydrogen) atoms. The Kier molecular flexibility index (Phi) is 5.89. The fourth-order valence-corrected chi connectivity index (χ4v) is 4.25. The zero-order valence-electron chi connectivity index (χ0n) is 17.2. The first-order chi connectivity index (χ1) is 14.2. The van der Waals surface area contributed by atoms with Crippen molar-refractivity contribution in [3.05, 3.63) is 42.2 Å². The molecule has 1 atom stereocenters. The number of hydrogen-bond acceptors (Lipinski definition) is 5. The van der Waals surface area contributed by atoms with Crippen molar-refractivity contribution in [1.29, 1.82) is 0 Å². The predicted octanol–water partition coefficient (Wildman–Crippen LogP) is 2.16. The molecule has 0 aliphatic carbocycles. The quantitative estimate of drug-likeness (QED) is 0.663. The molecule has 1 N–H and O–H groups in total. The zero-order chi connectivity index (χ0) is 20.2. The summed E-state index contributed by atoms with van der Waals surface area (Å²) in [6.07, 6.45) is 7.99. The molecule has 1 fully saturated rings. The van der Waals surface area contributed by atoms with Gasteiger partial charge in [-0.3, -0.25) is 9.69 Å². The van der Waals surface area contributed by atoms with E-state index in [1.54, 1.807) is 0 Å². The summed E-state index contributed by atoms with van der Waals surface area (Å²) in [5, 5.41) is 8.91. The Morgan fingerprint density at radius 3 is 3.10 bits per heavy atom. The van der Waals surface area contributed by atoms with E-state index in [0.29, 0.717) is 19.0 Å². The Morgan fingerprint density at radius 2 is 2.28 bits per heavy atom. The number of piperidine rings is 1. The lowest BCUT2D eigenvalue weighted by Crippen LogP contribution is -2.34. The van der Waals surface area contributed by atoms with E-state index in [1.165, 1.54) is 12.6 Å². The van der Waals surface area contributed by atoms with Crippen LogP contribution in [0.3, 0.4) is 0 Å². The van der Waals surface area contributed by atoms with Crippen molar-refractivity contribution < 1.29 is 4.79 Å². The molecule has 3 aromatic rings. The molecule has 1 aliphatic rings. The van der Waals surface area contributed by atoms with E-state index >= 15 is 0 Å². The summed E-state index contributed by atoms with van der Waals surface area (Å²) >= 11 is 0. The monoisotopic (exact) mass is 395 g/mol. The summed E-state index contributed by atoms with van der Waals surface area (Å²) in [4.78, 5) is 22.6. The lowest BCUT2D eigenvalue weighted by atomic mass is 9.93. The molecule has 3 aromatic heterocycles. The molecule has 0 unspecified atom stereocenters. The average Bonchev–Trinajstić information content (AvgIpc) is 3.32. The SMILES string of the molecule is CCn1cncc1CN1CCC[C@@H](c2nn(CCNC(C)=O)c3ncccc23)C1. The van der Waals surface area contributed by atoms with Crippen LogP contribution in [0.25, 0.3) is 11.0 Å². The predicted molar refractivity (Wildman–Crippen MR) is 111 cm³/mol. The molecule has 0 bridgehead atoms. The third kappa shape index (κ3) is 4.32. The van der Waals surface area contributed by atoms with Gasteiger partial charge in [0.25, 0.3) is 0 Å². The molecular weight excluding hydrogens is 366 g/mol. The summed E-state index contributed by atoms with van der Waals surface area (Å²) in [5.41, 5.74) is 3.29. The van der Waals surface area contributed by atoms with E-state index in [4.69, 9.17) is 5.10 Å². The Balaban J connectivity index is 1.53. The number of aryl methyl sites for hydroxylation is 1. The van der Waals surface area contributed by atoms with Gasteiger partial charge in [0.05, 0.1) is 24.3 Å². The van der Waals surface area contributed by atoms with Gasteiger partial charge in [0, 0.05) is 56.8 Å². The number of amides is 1. The van der Waals surface area contributed by atoms with Gasteiger partial charge in [-0.05, 0) is 38.4 Å². The normalized spacial score (nSPS) is 17.7. The van der Waals surface area contributed by atoms with Crippen molar-refractivity contribution in [2.45, 2.75) is 52.2 Å². The van der Waals surface area contributed by atoms with Gasteiger partial charge in [0.2, 0.25) is 5.91 Å². The number of pyridine rings is 1. The second kappa shape index (κ2) is 8.73. The first kappa shape index (κ1) is 19.6. The highest BCUT2D eigenvalue weighted by Crippen LogP contribution is 2.31. The van der Waals surface area contributed by atoms with E-state index in [9.17, 15) is 4.79 Å². The van der Waals surface area contributed by atoms with Crippen LogP contribution in [0.2, 0.25) is 0 Å². The van der Waals surface area contributed by atoms with Crippen LogP contribution < -0.4 is 5.32 Å². The Labute approximate surface area is 170 Å². The molecule has 1 saturated heterocycles. The topological polar surface area (TPSA) is 80.9 Å². The van der Waals surface area contributed by atoms with Crippen molar-refractivity contribution >= 4 is 16.9 Å². The summed E-state index contributed by atoms with van der Waals surface area (Å²) in [7, 11) is 0. The first-order valence-corrected chi connectivity index (χ1v) is 10.4. The number of fused-ring (bicyclic) bond motifs is 1. The van der Waals surface area contributed by atoms with Crippen LogP contribution >= 0.6 is 0 Å². The second-order valence-corrected chi connectivity index (χ2v) is 7.71. The molecule has 0 spiro atoms. The molecule has 1 amide bonds. The maximum atomic E-state index is 11.2. The van der Waals surface area contributed by atoms with Crippen LogP contribution in [0.4, 0.5) is 0 Å². The highest BCUT2D eigenvalue weighted by atomic mass is 16.1. The van der Waals surface area contributed by atoms with Crippen molar-refractivity contribution in [1.82, 2.24) is 34.5 Å². The third-order valence-corrected chi connectivity index (χ3v) is 5.65. The number of nitrogens with one attached hydrogen (secondary N) is 1. The van der Waals surface area contributed by atoms with Crippen LogP contribution in [0.1, 0.15) is 44.0 Å². The van der Waals surface area contributed by atoms with E-state index in [2.05, 4.69) is 37.7 Å². The maximum absolute atomic E-state index is 11.2. The summed E-state index contributed by atoms with van der Waals surface area (Å²) in [6.45, 7) is 8.82. The van der Waals surface area contributed by atoms with Crippen molar-refractivity contribution in [3.63, 3.8) is 0 Å². The maximum Gasteiger partial charge on any atom is 0.216 e. The highest BCUT2D eigenvalue weighted by molar-refractivity contribution is 5.79. The molecule has 0 saturated carbocycles. The van der Waals surface area contributed by atoms with Crippen LogP contribution in [0.15, 0.2) is 30.9 Å². The van der Waals surface area contributed by atoms with Gasteiger partial charge in [-0.1, -0.05) is 0 Å². The summed E-state index contributed by atoms with van der Waals surface area (Å²) in [6, 6.07) is 4.09. The van der Waals surface area contributed by atoms with Gasteiger partial charge in [0.15, 0.2) is 5.65 Å². The van der Waals surface area contributed by atoms with E-state index in [-0.39, 0.29) is 5.91 Å². The summed E-state index contributed by atoms with van der Waals surface area (Å²) < 4.78 is 4.14. The Morgan fingerprint density at radius 1 is 1.38 bits per heavy atom. The van der Waals surface area contributed by atoms with Gasteiger partial charge in [-0.15, -0.1) is 0 Å². The van der Waals surface area contributed by atoms with E-state index in [1.807, 2.05) is 29.5 Å². The molecule has 1 aliphatic heterocycles. The van der Waals surface area contributed by atoms with Gasteiger partial charge in [-0.2, -0.15) is 5.10 Å². The van der Waals surface area contributed by atoms with Crippen molar-refractivity contribution in [2.75, 3.05) is 19.6 Å². The minimum absolute atomic E-state index is 0.0242. The van der Waals surface area contributed by atoms with Gasteiger partial charge in [0.1, 0.15) is 0 Å². The van der Waals surface area contributed by atoms with Gasteiger partial charge in [-0.25, -0.2) is 14.6 Å². The molecule has 154 valence electrons. The lowest BCUT2D eigenvalue weighted by molar-refractivity contribution is -0.118. The number of carbonyl (C=O) groups is 1. The number of carbonyl (C=O) groups excluding carboxylic acids is 1. The fourth-order valence-electron chi connectivity index (χ4n) is 4.25. The number of imidazole rings is 1. The van der Waals surface area contributed by atoms with Crippen LogP contribution in [0, 0.1) is 0 Å². The largest absolute Gasteiger partial charge is 0.354 e. The number of nitrogens with zero attached hydrogens (tertiary/aromatic N) is 6. The molecule has 8 nitrogen and oxygen atoms in total. The molecule has 0 radical (unpaired) electrons. The minimum atomic E-state index is -0.0242. The van der Waals surface area contributed by atoms with Crippen LogP contribution in [0.5, 0.6) is 0 Å². The summed E-state index contributed by atoms with van der Waals surface area (Å²) in [5.74, 6) is 0.361. The molecule has 4 heterocycles. The molecule has 8 heteroatoms. The lowest BCUT2D eigenvalue weighted by Gasteiger charge is -2.32. The molecule has 4 rings (SSSR count). The average molecular weight is 396 g/mol. The number of likely N-dealkylation sites (tertiary alicyclic amines) is 1. The van der Waals surface area contributed by atoms with Crippen LogP contribution in [-0.2, 0) is 24.4 Å². The number of rotatable bonds is 7. The van der Waals surface area contributed by atoms with Crippen molar-refractivity contribution in [2.24, 2.45) is 0 Å². The van der Waals surface area contributed by atoms with Crippen LogP contribution in [-0.4, -0.2) is 54.8 Å². The fraction of sp³-hybridized carbons (Fsp3) is 0.524. The highest BCUT2D eigenvalue weighted by Gasteiger charge is 2.26. The standard InChI is InChI=1S/C21H29N7O/c1-3-27-15-22-12-18(27)14-26-10-5-6-17(13-26)20-19-7-4-8-24-21(19)28(25-20)11-9-23-16(2)29/h4,7-8,12,15,17H,3,5-6,9-11,13-14H2,1-2H3,(H,23,29)/t17-/m1/s1. The molecular formula is C21H29N7O. The van der Waals surface area contributed by atoms with Gasteiger partial charge >= 0.3 is 0 Å². The smallest absolute Gasteiger partial charge is 0.216 e. The van der Waals surface area contributed by atoms with E-state index < -0.39 is 0 Å². The second-order valence-electron chi connectivity index (χ2n) is 7.71. The number of hydrogen-bond donors (Lipinski definition) is 1. The van der Waals surface area contributed by atoms with Gasteiger partial charge < -0.3 is 9.88 Å². The first-order valence-electron chi connectivity index (χ1n) is 10.4. The Hall–Kier alpha value is -2.74. The van der Waals surface area contributed by atoms with E-state index in [0.717, 1.165) is 55.7 Å². The third-order valence-electron chi connectivity index (χ3n) is 5.65. The molecule has 0 aromatic carbocycles. The zero-order valence-corrected chi connectivity index (χ0v) is 17.2. The Bertz CT molecular complexity index is 976. The van der Waals surface area contributed by atoms with Crippen molar-refractivity contribution in [3.8, 4) is 0 Å². The minimum Gasteiger partial charge on any atom is -0.354 e. The number of aromatic nitrogens is 5.